The van der Waals surface area contributed by atoms with Crippen molar-refractivity contribution in [2.75, 3.05) is 6.61 Å². The van der Waals surface area contributed by atoms with E-state index in [4.69, 9.17) is 4.74 Å². The Bertz CT molecular complexity index is 380. The van der Waals surface area contributed by atoms with Gasteiger partial charge in [0.25, 0.3) is 0 Å². The predicted molar refractivity (Wildman–Crippen MR) is 67.1 cm³/mol. The van der Waals surface area contributed by atoms with E-state index in [1.165, 1.54) is 24.1 Å². The molecule has 2 rings (SSSR count). The molecule has 0 amide bonds. The molecular formula is C14H23NO. The summed E-state index contributed by atoms with van der Waals surface area (Å²) in [6.45, 7) is 11.9. The van der Waals surface area contributed by atoms with Gasteiger partial charge in [-0.25, -0.2) is 0 Å². The summed E-state index contributed by atoms with van der Waals surface area (Å²) in [4.78, 5) is 0. The molecular weight excluding hydrogens is 198 g/mol. The zero-order chi connectivity index (χ0) is 11.9. The van der Waals surface area contributed by atoms with Crippen LogP contribution in [0.4, 0.5) is 0 Å². The predicted octanol–water partition coefficient (Wildman–Crippen LogP) is 3.65. The van der Waals surface area contributed by atoms with Crippen molar-refractivity contribution in [3.63, 3.8) is 0 Å². The highest BCUT2D eigenvalue weighted by Crippen LogP contribution is 2.33. The van der Waals surface area contributed by atoms with Crippen LogP contribution in [0.2, 0.25) is 0 Å². The summed E-state index contributed by atoms with van der Waals surface area (Å²) in [5, 5.41) is 0. The molecule has 90 valence electrons. The second kappa shape index (κ2) is 3.83. The highest BCUT2D eigenvalue weighted by Gasteiger charge is 2.24. The smallest absolute Gasteiger partial charge is 0.142 e. The number of nitrogens with zero attached hydrogens (tertiary/aromatic N) is 1. The normalized spacial score (nSPS) is 16.6. The van der Waals surface area contributed by atoms with Gasteiger partial charge in [-0.05, 0) is 53.4 Å². The summed E-state index contributed by atoms with van der Waals surface area (Å²) in [5.41, 5.74) is 2.65. The van der Waals surface area contributed by atoms with Crippen molar-refractivity contribution in [1.29, 1.82) is 0 Å². The van der Waals surface area contributed by atoms with Crippen LogP contribution in [0.25, 0.3) is 0 Å². The van der Waals surface area contributed by atoms with E-state index in [1.54, 1.807) is 0 Å². The van der Waals surface area contributed by atoms with Crippen LogP contribution in [0.15, 0.2) is 6.20 Å². The van der Waals surface area contributed by atoms with Gasteiger partial charge in [0, 0.05) is 17.3 Å². The van der Waals surface area contributed by atoms with Crippen LogP contribution in [0.3, 0.4) is 0 Å². The molecule has 2 nitrogen and oxygen atoms in total. The van der Waals surface area contributed by atoms with Gasteiger partial charge in [0.05, 0.1) is 12.3 Å². The Labute approximate surface area is 98.6 Å². The van der Waals surface area contributed by atoms with Gasteiger partial charge in [0.2, 0.25) is 0 Å². The number of ether oxygens (including phenoxy) is 1. The molecule has 1 aromatic rings. The third-order valence-corrected chi connectivity index (χ3v) is 3.25. The van der Waals surface area contributed by atoms with Crippen molar-refractivity contribution in [3.05, 3.63) is 17.5 Å². The largest absolute Gasteiger partial charge is 0.491 e. The Morgan fingerprint density at radius 3 is 2.38 bits per heavy atom. The highest BCUT2D eigenvalue weighted by molar-refractivity contribution is 5.38. The van der Waals surface area contributed by atoms with Gasteiger partial charge < -0.3 is 9.30 Å². The summed E-state index contributed by atoms with van der Waals surface area (Å²) in [6.07, 6.45) is 4.90. The molecule has 0 spiro atoms. The van der Waals surface area contributed by atoms with Crippen LogP contribution in [0, 0.1) is 19.8 Å². The average Bonchev–Trinajstić information content (AvgIpc) is 2.91. The first-order valence-electron chi connectivity index (χ1n) is 6.21. The Kier molecular flexibility index (Phi) is 2.77. The van der Waals surface area contributed by atoms with Crippen LogP contribution >= 0.6 is 0 Å². The van der Waals surface area contributed by atoms with Gasteiger partial charge in [-0.1, -0.05) is 0 Å². The van der Waals surface area contributed by atoms with E-state index in [2.05, 4.69) is 45.4 Å². The van der Waals surface area contributed by atoms with E-state index in [0.717, 1.165) is 18.3 Å². The summed E-state index contributed by atoms with van der Waals surface area (Å²) in [6, 6.07) is 0. The zero-order valence-electron chi connectivity index (χ0n) is 11.1. The van der Waals surface area contributed by atoms with Crippen LogP contribution < -0.4 is 4.74 Å². The average molecular weight is 221 g/mol. The molecule has 0 unspecified atom stereocenters. The second-order valence-corrected chi connectivity index (χ2v) is 6.02. The molecule has 0 atom stereocenters. The lowest BCUT2D eigenvalue weighted by Crippen LogP contribution is -2.22. The lowest BCUT2D eigenvalue weighted by molar-refractivity contribution is 0.292. The minimum Gasteiger partial charge on any atom is -0.491 e. The first kappa shape index (κ1) is 11.6. The molecule has 1 aliphatic carbocycles. The van der Waals surface area contributed by atoms with Crippen LogP contribution in [0.5, 0.6) is 5.75 Å². The molecule has 0 saturated heterocycles. The fourth-order valence-electron chi connectivity index (χ4n) is 2.14. The fraction of sp³-hybridized carbons (Fsp3) is 0.714. The quantitative estimate of drug-likeness (QED) is 0.760. The van der Waals surface area contributed by atoms with E-state index >= 15 is 0 Å². The third kappa shape index (κ3) is 2.26. The Morgan fingerprint density at radius 1 is 1.31 bits per heavy atom. The molecule has 1 saturated carbocycles. The van der Waals surface area contributed by atoms with Crippen molar-refractivity contribution in [3.8, 4) is 5.75 Å². The Hall–Kier alpha value is -0.920. The lowest BCUT2D eigenvalue weighted by Gasteiger charge is -2.23. The molecule has 1 fully saturated rings. The maximum atomic E-state index is 5.95. The van der Waals surface area contributed by atoms with Gasteiger partial charge in [-0.3, -0.25) is 0 Å². The maximum absolute atomic E-state index is 5.95. The van der Waals surface area contributed by atoms with E-state index in [9.17, 15) is 0 Å². The summed E-state index contributed by atoms with van der Waals surface area (Å²) in [5.74, 6) is 1.92. The zero-order valence-corrected chi connectivity index (χ0v) is 11.1. The van der Waals surface area contributed by atoms with Gasteiger partial charge >= 0.3 is 0 Å². The third-order valence-electron chi connectivity index (χ3n) is 3.25. The van der Waals surface area contributed by atoms with Gasteiger partial charge in [-0.2, -0.15) is 0 Å². The first-order valence-corrected chi connectivity index (χ1v) is 6.21. The minimum absolute atomic E-state index is 0.135. The standard InChI is InChI=1S/C14H23NO/c1-10-8-15(14(3,4)5)11(2)13(10)16-9-12-6-7-12/h8,12H,6-7,9H2,1-5H3. The molecule has 0 aromatic carbocycles. The van der Waals surface area contributed by atoms with Gasteiger partial charge in [0.15, 0.2) is 0 Å². The van der Waals surface area contributed by atoms with Crippen molar-refractivity contribution >= 4 is 0 Å². The Morgan fingerprint density at radius 2 is 1.94 bits per heavy atom. The summed E-state index contributed by atoms with van der Waals surface area (Å²) >= 11 is 0. The van der Waals surface area contributed by atoms with Gasteiger partial charge in [-0.15, -0.1) is 0 Å². The van der Waals surface area contributed by atoms with Crippen molar-refractivity contribution < 1.29 is 4.74 Å². The van der Waals surface area contributed by atoms with Crippen LogP contribution in [-0.2, 0) is 5.54 Å². The lowest BCUT2D eigenvalue weighted by atomic mass is 10.1. The molecule has 1 heterocycles. The van der Waals surface area contributed by atoms with Crippen molar-refractivity contribution in [1.82, 2.24) is 4.57 Å². The molecule has 16 heavy (non-hydrogen) atoms. The second-order valence-electron chi connectivity index (χ2n) is 6.02. The maximum Gasteiger partial charge on any atom is 0.142 e. The van der Waals surface area contributed by atoms with E-state index in [1.807, 2.05) is 0 Å². The topological polar surface area (TPSA) is 14.2 Å². The van der Waals surface area contributed by atoms with E-state index < -0.39 is 0 Å². The number of aromatic nitrogens is 1. The monoisotopic (exact) mass is 221 g/mol. The van der Waals surface area contributed by atoms with E-state index in [0.29, 0.717) is 0 Å². The Balaban J connectivity index is 2.20. The number of rotatable bonds is 3. The number of aryl methyl sites for hydroxylation is 1. The fourth-order valence-corrected chi connectivity index (χ4v) is 2.14. The molecule has 0 N–H and O–H groups in total. The van der Waals surface area contributed by atoms with E-state index in [-0.39, 0.29) is 5.54 Å². The highest BCUT2D eigenvalue weighted by atomic mass is 16.5. The number of hydrogen-bond acceptors (Lipinski definition) is 1. The first-order chi connectivity index (χ1) is 7.39. The molecule has 0 radical (unpaired) electrons. The molecule has 2 heteroatoms. The van der Waals surface area contributed by atoms with Crippen molar-refractivity contribution in [2.45, 2.75) is 53.0 Å². The summed E-state index contributed by atoms with van der Waals surface area (Å²) < 4.78 is 8.26. The van der Waals surface area contributed by atoms with Gasteiger partial charge in [0.1, 0.15) is 5.75 Å². The molecule has 0 aliphatic heterocycles. The van der Waals surface area contributed by atoms with Crippen LogP contribution in [0.1, 0.15) is 44.9 Å². The van der Waals surface area contributed by atoms with Crippen LogP contribution in [-0.4, -0.2) is 11.2 Å². The molecule has 0 bridgehead atoms. The number of hydrogen-bond donors (Lipinski definition) is 0. The molecule has 1 aliphatic rings. The molecule has 1 aromatic heterocycles. The minimum atomic E-state index is 0.135. The SMILES string of the molecule is Cc1cn(C(C)(C)C)c(C)c1OCC1CC1. The van der Waals surface area contributed by atoms with Crippen molar-refractivity contribution in [2.24, 2.45) is 5.92 Å². The summed E-state index contributed by atoms with van der Waals surface area (Å²) in [7, 11) is 0.